The quantitative estimate of drug-likeness (QED) is 0.395. The average molecular weight is 374 g/mol. The normalized spacial score (nSPS) is 38.2. The Morgan fingerprint density at radius 3 is 1.54 bits per heavy atom. The second kappa shape index (κ2) is 5.94. The van der Waals surface area contributed by atoms with E-state index in [0.717, 1.165) is 9.80 Å². The van der Waals surface area contributed by atoms with Crippen LogP contribution in [-0.2, 0) is 28.5 Å². The number of aliphatic carboxylic acids is 2. The zero-order valence-corrected chi connectivity index (χ0v) is 12.9. The maximum absolute atomic E-state index is 11.7. The molecule has 0 aromatic heterocycles. The highest BCUT2D eigenvalue weighted by atomic mass is 16.8. The molecule has 0 unspecified atom stereocenters. The van der Waals surface area contributed by atoms with Crippen LogP contribution in [0.3, 0.4) is 0 Å². The summed E-state index contributed by atoms with van der Waals surface area (Å²) in [5, 5.41) is 22.6. The molecule has 142 valence electrons. The number of hydrogen-bond donors (Lipinski definition) is 4. The minimum atomic E-state index is -1.22. The third kappa shape index (κ3) is 2.68. The lowest BCUT2D eigenvalue weighted by molar-refractivity contribution is -0.235. The van der Waals surface area contributed by atoms with E-state index in [-0.39, 0.29) is 0 Å². The van der Waals surface area contributed by atoms with Gasteiger partial charge in [0.15, 0.2) is 24.9 Å². The second-order valence-corrected chi connectivity index (χ2v) is 5.85. The van der Waals surface area contributed by atoms with Gasteiger partial charge < -0.3 is 39.8 Å². The molecule has 14 heteroatoms. The van der Waals surface area contributed by atoms with E-state index >= 15 is 0 Å². The third-order valence-corrected chi connectivity index (χ3v) is 4.13. The first-order valence-corrected chi connectivity index (χ1v) is 7.53. The molecule has 26 heavy (non-hydrogen) atoms. The lowest BCUT2D eigenvalue weighted by Crippen LogP contribution is -2.43. The summed E-state index contributed by atoms with van der Waals surface area (Å²) in [6.07, 6.45) is -6.03. The summed E-state index contributed by atoms with van der Waals surface area (Å²) < 4.78 is 22.0. The smallest absolute Gasteiger partial charge is 0.323 e. The minimum Gasteiger partial charge on any atom is -0.480 e. The van der Waals surface area contributed by atoms with Gasteiger partial charge in [-0.05, 0) is 0 Å². The molecule has 0 aliphatic carbocycles. The van der Waals surface area contributed by atoms with Crippen molar-refractivity contribution in [3.63, 3.8) is 0 Å². The van der Waals surface area contributed by atoms with Crippen LogP contribution in [0.25, 0.3) is 0 Å². The summed E-state index contributed by atoms with van der Waals surface area (Å²) in [5.74, 6) is -2.44. The Bertz CT molecular complexity index is 616. The highest BCUT2D eigenvalue weighted by Crippen LogP contribution is 2.34. The third-order valence-electron chi connectivity index (χ3n) is 4.13. The van der Waals surface area contributed by atoms with Gasteiger partial charge in [-0.25, -0.2) is 9.59 Å². The van der Waals surface area contributed by atoms with E-state index in [2.05, 4.69) is 10.6 Å². The fourth-order valence-corrected chi connectivity index (χ4v) is 3.10. The molecule has 0 aromatic rings. The number of carbonyl (C=O) groups is 4. The van der Waals surface area contributed by atoms with Gasteiger partial charge in [-0.1, -0.05) is 0 Å². The van der Waals surface area contributed by atoms with Crippen molar-refractivity contribution in [2.24, 2.45) is 0 Å². The Balaban J connectivity index is 1.40. The van der Waals surface area contributed by atoms with E-state index in [4.69, 9.17) is 29.2 Å². The van der Waals surface area contributed by atoms with Crippen molar-refractivity contribution in [2.75, 3.05) is 13.1 Å². The van der Waals surface area contributed by atoms with E-state index in [1.54, 1.807) is 0 Å². The first kappa shape index (κ1) is 16.8. The SMILES string of the molecule is O=C(O)CN1C(=O)N[C@@H]2O[C@H]([C@@H]3O[C@@H]4NC(=O)N(CC(=O)O)[C@H]4O3)O[C@@H]21. The van der Waals surface area contributed by atoms with Crippen molar-refractivity contribution >= 4 is 24.0 Å². The molecule has 0 radical (unpaired) electrons. The van der Waals surface area contributed by atoms with Crippen LogP contribution in [0.4, 0.5) is 9.59 Å². The van der Waals surface area contributed by atoms with Gasteiger partial charge in [0.2, 0.25) is 12.6 Å². The zero-order chi connectivity index (χ0) is 18.6. The van der Waals surface area contributed by atoms with Crippen LogP contribution >= 0.6 is 0 Å². The van der Waals surface area contributed by atoms with E-state index in [9.17, 15) is 19.2 Å². The van der Waals surface area contributed by atoms with Gasteiger partial charge in [0.05, 0.1) is 0 Å². The molecule has 0 aromatic carbocycles. The summed E-state index contributed by atoms with van der Waals surface area (Å²) in [6.45, 7) is -1.16. The van der Waals surface area contributed by atoms with Crippen LogP contribution < -0.4 is 10.6 Å². The lowest BCUT2D eigenvalue weighted by Gasteiger charge is -2.23. The number of hydrogen-bond acceptors (Lipinski definition) is 8. The van der Waals surface area contributed by atoms with E-state index in [1.807, 2.05) is 0 Å². The van der Waals surface area contributed by atoms with E-state index in [1.165, 1.54) is 0 Å². The molecular weight excluding hydrogens is 360 g/mol. The predicted molar refractivity (Wildman–Crippen MR) is 72.8 cm³/mol. The highest BCUT2D eigenvalue weighted by molar-refractivity contribution is 5.83. The number of carboxylic acid groups (broad SMARTS) is 2. The fraction of sp³-hybridized carbons (Fsp3) is 0.667. The largest absolute Gasteiger partial charge is 0.480 e. The van der Waals surface area contributed by atoms with Gasteiger partial charge in [0.1, 0.15) is 13.1 Å². The molecule has 4 amide bonds. The number of ether oxygens (including phenoxy) is 4. The Kier molecular flexibility index (Phi) is 3.83. The number of amides is 4. The molecular formula is C12H14N4O10. The molecule has 4 fully saturated rings. The van der Waals surface area contributed by atoms with Gasteiger partial charge in [0.25, 0.3) is 0 Å². The summed E-state index contributed by atoms with van der Waals surface area (Å²) >= 11 is 0. The second-order valence-electron chi connectivity index (χ2n) is 5.85. The molecule has 0 saturated carbocycles. The van der Waals surface area contributed by atoms with Gasteiger partial charge in [-0.3, -0.25) is 19.4 Å². The van der Waals surface area contributed by atoms with Gasteiger partial charge in [-0.15, -0.1) is 0 Å². The maximum Gasteiger partial charge on any atom is 0.323 e. The molecule has 4 aliphatic rings. The lowest BCUT2D eigenvalue weighted by atomic mass is 10.4. The van der Waals surface area contributed by atoms with E-state index < -0.39 is 74.6 Å². The van der Waals surface area contributed by atoms with Crippen LogP contribution in [0, 0.1) is 0 Å². The number of urea groups is 2. The van der Waals surface area contributed by atoms with Crippen LogP contribution in [0.2, 0.25) is 0 Å². The van der Waals surface area contributed by atoms with Crippen molar-refractivity contribution in [1.82, 2.24) is 20.4 Å². The molecule has 0 spiro atoms. The number of nitrogens with one attached hydrogen (secondary N) is 2. The maximum atomic E-state index is 11.7. The Hall–Kier alpha value is -2.68. The average Bonchev–Trinajstić information content (AvgIpc) is 3.24. The van der Waals surface area contributed by atoms with Gasteiger partial charge >= 0.3 is 24.0 Å². The monoisotopic (exact) mass is 374 g/mol. The highest BCUT2D eigenvalue weighted by Gasteiger charge is 2.57. The number of nitrogens with zero attached hydrogens (tertiary/aromatic N) is 2. The summed E-state index contributed by atoms with van der Waals surface area (Å²) in [6, 6.07) is -1.29. The van der Waals surface area contributed by atoms with Crippen molar-refractivity contribution in [2.45, 2.75) is 37.5 Å². The van der Waals surface area contributed by atoms with Crippen molar-refractivity contribution in [3.8, 4) is 0 Å². The molecule has 4 heterocycles. The predicted octanol–water partition coefficient (Wildman–Crippen LogP) is -2.74. The first-order valence-electron chi connectivity index (χ1n) is 7.53. The van der Waals surface area contributed by atoms with Crippen LogP contribution in [-0.4, -0.2) is 94.6 Å². The Morgan fingerprint density at radius 1 is 0.808 bits per heavy atom. The number of carbonyl (C=O) groups excluding carboxylic acids is 2. The molecule has 4 N–H and O–H groups in total. The number of carboxylic acids is 2. The van der Waals surface area contributed by atoms with Crippen molar-refractivity contribution in [1.29, 1.82) is 0 Å². The fourth-order valence-electron chi connectivity index (χ4n) is 3.10. The van der Waals surface area contributed by atoms with Crippen molar-refractivity contribution in [3.05, 3.63) is 0 Å². The minimum absolute atomic E-state index is 0.580. The first-order chi connectivity index (χ1) is 12.3. The van der Waals surface area contributed by atoms with Crippen LogP contribution in [0.5, 0.6) is 0 Å². The van der Waals surface area contributed by atoms with E-state index in [0.29, 0.717) is 0 Å². The van der Waals surface area contributed by atoms with Crippen LogP contribution in [0.1, 0.15) is 0 Å². The van der Waals surface area contributed by atoms with Crippen LogP contribution in [0.15, 0.2) is 0 Å². The molecule has 4 aliphatic heterocycles. The number of fused-ring (bicyclic) bond motifs is 2. The van der Waals surface area contributed by atoms with Crippen molar-refractivity contribution < 1.29 is 48.3 Å². The molecule has 4 saturated heterocycles. The molecule has 14 nitrogen and oxygen atoms in total. The zero-order valence-electron chi connectivity index (χ0n) is 12.9. The molecule has 0 bridgehead atoms. The Labute approximate surface area is 144 Å². The summed E-state index contributed by atoms with van der Waals surface area (Å²) in [7, 11) is 0. The summed E-state index contributed by atoms with van der Waals surface area (Å²) in [4.78, 5) is 47.0. The standard InChI is InChI=1S/C12H14N4O10/c17-3(18)1-15-7-5(13-11(15)21)23-9(25-7)10-24-6-8(26-10)16(2-4(19)20)12(22)14-6/h5-10H,1-2H2,(H,13,21)(H,14,22)(H,17,18)(H,19,20)/t5-,6+,7-,8-,9+,10-/m0/s1. The molecule has 6 atom stereocenters. The topological polar surface area (TPSA) is 176 Å². The molecule has 4 rings (SSSR count). The number of rotatable bonds is 5. The summed E-state index contributed by atoms with van der Waals surface area (Å²) in [5.41, 5.74) is 0. The van der Waals surface area contributed by atoms with Gasteiger partial charge in [0, 0.05) is 0 Å². The Morgan fingerprint density at radius 2 is 1.19 bits per heavy atom. The van der Waals surface area contributed by atoms with Gasteiger partial charge in [-0.2, -0.15) is 0 Å².